The van der Waals surface area contributed by atoms with E-state index >= 15 is 0 Å². The molecule has 1 atom stereocenters. The van der Waals surface area contributed by atoms with Gasteiger partial charge >= 0.3 is 0 Å². The van der Waals surface area contributed by atoms with Crippen molar-refractivity contribution >= 4 is 27.5 Å². The summed E-state index contributed by atoms with van der Waals surface area (Å²) in [7, 11) is 1.64. The van der Waals surface area contributed by atoms with Crippen molar-refractivity contribution in [3.63, 3.8) is 0 Å². The maximum absolute atomic E-state index is 13.0. The fourth-order valence-electron chi connectivity index (χ4n) is 3.12. The van der Waals surface area contributed by atoms with E-state index in [0.717, 1.165) is 17.7 Å². The molecule has 0 aliphatic carbocycles. The van der Waals surface area contributed by atoms with E-state index in [9.17, 15) is 14.7 Å². The van der Waals surface area contributed by atoms with E-state index in [4.69, 9.17) is 0 Å². The number of carbonyl (C=O) groups is 1. The number of rotatable bonds is 1. The Hall–Kier alpha value is -2.08. The summed E-state index contributed by atoms with van der Waals surface area (Å²) in [4.78, 5) is 27.1. The van der Waals surface area contributed by atoms with Gasteiger partial charge in [0, 0.05) is 23.8 Å². The number of pyridine rings is 1. The van der Waals surface area contributed by atoms with Gasteiger partial charge in [-0.25, -0.2) is 0 Å². The molecule has 0 saturated heterocycles. The number of nitrogens with zero attached hydrogens (tertiary/aromatic N) is 2. The lowest BCUT2D eigenvalue weighted by molar-refractivity contribution is 0.0981. The highest BCUT2D eigenvalue weighted by atomic mass is 79.9. The van der Waals surface area contributed by atoms with Gasteiger partial charge < -0.3 is 14.6 Å². The molecule has 24 heavy (non-hydrogen) atoms. The lowest BCUT2D eigenvalue weighted by Crippen LogP contribution is -2.40. The van der Waals surface area contributed by atoms with Gasteiger partial charge in [-0.05, 0) is 52.9 Å². The van der Waals surface area contributed by atoms with Crippen molar-refractivity contribution in [2.45, 2.75) is 26.2 Å². The molecule has 0 saturated carbocycles. The number of aromatic hydroxyl groups is 1. The Morgan fingerprint density at radius 2 is 2.08 bits per heavy atom. The molecule has 2 aromatic rings. The molecule has 1 unspecified atom stereocenters. The third-order valence-electron chi connectivity index (χ3n) is 4.76. The van der Waals surface area contributed by atoms with Crippen molar-refractivity contribution in [3.05, 3.63) is 55.9 Å². The van der Waals surface area contributed by atoms with Crippen molar-refractivity contribution in [2.24, 2.45) is 7.05 Å². The monoisotopic (exact) mass is 390 g/mol. The number of halogens is 1. The summed E-state index contributed by atoms with van der Waals surface area (Å²) < 4.78 is 2.16. The average molecular weight is 391 g/mol. The number of phenols is 1. The van der Waals surface area contributed by atoms with Crippen molar-refractivity contribution in [1.29, 1.82) is 0 Å². The maximum Gasteiger partial charge on any atom is 0.264 e. The maximum atomic E-state index is 13.0. The van der Waals surface area contributed by atoms with Crippen LogP contribution in [0.15, 0.2) is 33.5 Å². The molecule has 2 heterocycles. The molecule has 0 radical (unpaired) electrons. The number of benzene rings is 1. The summed E-state index contributed by atoms with van der Waals surface area (Å²) in [6, 6.07) is 6.83. The van der Waals surface area contributed by atoms with Crippen LogP contribution in [0.5, 0.6) is 5.75 Å². The first-order chi connectivity index (χ1) is 11.3. The fraction of sp³-hybridized carbons (Fsp3) is 0.333. The second kappa shape index (κ2) is 6.09. The number of carbonyl (C=O) groups excluding carboxylic acids is 1. The van der Waals surface area contributed by atoms with Crippen LogP contribution < -0.4 is 10.5 Å². The summed E-state index contributed by atoms with van der Waals surface area (Å²) in [6.45, 7) is 4.35. The smallest absolute Gasteiger partial charge is 0.264 e. The highest BCUT2D eigenvalue weighted by Crippen LogP contribution is 2.41. The molecular weight excluding hydrogens is 372 g/mol. The minimum Gasteiger partial charge on any atom is -0.506 e. The van der Waals surface area contributed by atoms with Crippen molar-refractivity contribution < 1.29 is 9.90 Å². The van der Waals surface area contributed by atoms with E-state index in [1.165, 1.54) is 9.47 Å². The topological polar surface area (TPSA) is 62.5 Å². The van der Waals surface area contributed by atoms with Gasteiger partial charge in [0.15, 0.2) is 0 Å². The molecule has 0 fully saturated rings. The molecule has 1 aromatic carbocycles. The molecule has 5 nitrogen and oxygen atoms in total. The number of para-hydroxylation sites is 1. The molecule has 1 aromatic heterocycles. The van der Waals surface area contributed by atoms with Gasteiger partial charge in [-0.3, -0.25) is 9.59 Å². The zero-order valence-corrected chi connectivity index (χ0v) is 15.4. The Morgan fingerprint density at radius 1 is 1.38 bits per heavy atom. The van der Waals surface area contributed by atoms with Gasteiger partial charge in [-0.2, -0.15) is 0 Å². The third kappa shape index (κ3) is 2.55. The van der Waals surface area contributed by atoms with Crippen LogP contribution in [0.3, 0.4) is 0 Å². The number of fused-ring (bicyclic) bond motifs is 1. The van der Waals surface area contributed by atoms with Crippen LogP contribution in [-0.4, -0.2) is 22.1 Å². The molecule has 1 N–H and O–H groups in total. The molecule has 0 spiro atoms. The molecule has 6 heteroatoms. The molecule has 3 rings (SSSR count). The van der Waals surface area contributed by atoms with Gasteiger partial charge in [0.1, 0.15) is 11.3 Å². The first kappa shape index (κ1) is 16.8. The Labute approximate surface area is 148 Å². The third-order valence-corrected chi connectivity index (χ3v) is 5.57. The van der Waals surface area contributed by atoms with Crippen LogP contribution >= 0.6 is 15.9 Å². The van der Waals surface area contributed by atoms with E-state index in [1.54, 1.807) is 25.2 Å². The molecule has 126 valence electrons. The van der Waals surface area contributed by atoms with Crippen LogP contribution in [0, 0.1) is 6.92 Å². The molecule has 1 amide bonds. The van der Waals surface area contributed by atoms with Gasteiger partial charge in [-0.15, -0.1) is 0 Å². The van der Waals surface area contributed by atoms with E-state index in [-0.39, 0.29) is 28.7 Å². The predicted molar refractivity (Wildman–Crippen MR) is 96.9 cm³/mol. The standard InChI is InChI=1S/C18H19BrN2O3/c1-10-7-8-21(16-12(10)5-4-6-15(16)22)18(24)13-9-14(19)11(2)20(3)17(13)23/h4-6,9-10,22H,7-8H2,1-3H3. The SMILES string of the molecule is Cc1c(Br)cc(C(=O)N2CCC(C)c3cccc(O)c32)c(=O)n1C. The van der Waals surface area contributed by atoms with Crippen LogP contribution in [-0.2, 0) is 7.05 Å². The number of hydrogen-bond acceptors (Lipinski definition) is 3. The Bertz CT molecular complexity index is 889. The van der Waals surface area contributed by atoms with Crippen LogP contribution in [0.25, 0.3) is 0 Å². The van der Waals surface area contributed by atoms with Gasteiger partial charge in [-0.1, -0.05) is 19.1 Å². The number of hydrogen-bond donors (Lipinski definition) is 1. The molecule has 1 aliphatic heterocycles. The number of aromatic nitrogens is 1. The van der Waals surface area contributed by atoms with Gasteiger partial charge in [0.2, 0.25) is 0 Å². The summed E-state index contributed by atoms with van der Waals surface area (Å²) >= 11 is 3.40. The summed E-state index contributed by atoms with van der Waals surface area (Å²) in [6.07, 6.45) is 0.787. The summed E-state index contributed by atoms with van der Waals surface area (Å²) in [5.74, 6) is -0.0647. The minimum absolute atomic E-state index is 0.0652. The summed E-state index contributed by atoms with van der Waals surface area (Å²) in [5, 5.41) is 10.3. The quantitative estimate of drug-likeness (QED) is 0.812. The summed E-state index contributed by atoms with van der Waals surface area (Å²) in [5.41, 5.74) is 1.96. The van der Waals surface area contributed by atoms with Gasteiger partial charge in [0.05, 0.1) is 5.69 Å². The zero-order valence-electron chi connectivity index (χ0n) is 13.8. The Balaban J connectivity index is 2.14. The lowest BCUT2D eigenvalue weighted by atomic mass is 9.90. The van der Waals surface area contributed by atoms with Crippen molar-refractivity contribution in [3.8, 4) is 5.75 Å². The largest absolute Gasteiger partial charge is 0.506 e. The van der Waals surface area contributed by atoms with E-state index < -0.39 is 0 Å². The molecule has 1 aliphatic rings. The lowest BCUT2D eigenvalue weighted by Gasteiger charge is -2.33. The number of phenolic OH excluding ortho intramolecular Hbond substituents is 1. The van der Waals surface area contributed by atoms with E-state index in [2.05, 4.69) is 22.9 Å². The Morgan fingerprint density at radius 3 is 2.79 bits per heavy atom. The fourth-order valence-corrected chi connectivity index (χ4v) is 3.61. The molecular formula is C18H19BrN2O3. The second-order valence-corrected chi connectivity index (χ2v) is 7.07. The highest BCUT2D eigenvalue weighted by molar-refractivity contribution is 9.10. The van der Waals surface area contributed by atoms with Crippen molar-refractivity contribution in [1.82, 2.24) is 4.57 Å². The van der Waals surface area contributed by atoms with Gasteiger partial charge in [0.25, 0.3) is 11.5 Å². The second-order valence-electron chi connectivity index (χ2n) is 6.22. The van der Waals surface area contributed by atoms with Crippen LogP contribution in [0.4, 0.5) is 5.69 Å². The highest BCUT2D eigenvalue weighted by Gasteiger charge is 2.31. The predicted octanol–water partition coefficient (Wildman–Crippen LogP) is 3.32. The Kier molecular flexibility index (Phi) is 4.25. The van der Waals surface area contributed by atoms with Crippen molar-refractivity contribution in [2.75, 3.05) is 11.4 Å². The molecule has 0 bridgehead atoms. The number of amides is 1. The first-order valence-electron chi connectivity index (χ1n) is 7.82. The normalized spacial score (nSPS) is 16.8. The first-order valence-corrected chi connectivity index (χ1v) is 8.62. The van der Waals surface area contributed by atoms with E-state index in [1.807, 2.05) is 13.0 Å². The van der Waals surface area contributed by atoms with Crippen LogP contribution in [0.1, 0.15) is 40.9 Å². The zero-order chi connectivity index (χ0) is 17.6. The minimum atomic E-state index is -0.383. The van der Waals surface area contributed by atoms with E-state index in [0.29, 0.717) is 16.7 Å². The van der Waals surface area contributed by atoms with Crippen LogP contribution in [0.2, 0.25) is 0 Å². The number of anilines is 1. The average Bonchev–Trinajstić information content (AvgIpc) is 2.57.